The Labute approximate surface area is 210 Å². The van der Waals surface area contributed by atoms with Crippen LogP contribution in [0.2, 0.25) is 0 Å². The number of aromatic nitrogens is 3. The Kier molecular flexibility index (Phi) is 7.78. The summed E-state index contributed by atoms with van der Waals surface area (Å²) in [5.74, 6) is -0.793. The molecule has 0 fully saturated rings. The number of hydrogen-bond donors (Lipinski definition) is 0. The maximum absolute atomic E-state index is 13.0. The molecule has 0 aliphatic carbocycles. The first-order chi connectivity index (χ1) is 17.4. The molecule has 0 amide bonds. The van der Waals surface area contributed by atoms with Gasteiger partial charge in [0, 0.05) is 35.6 Å². The second kappa shape index (κ2) is 11.2. The van der Waals surface area contributed by atoms with Crippen LogP contribution in [0.1, 0.15) is 53.6 Å². The Balaban J connectivity index is 1.42. The summed E-state index contributed by atoms with van der Waals surface area (Å²) in [6.45, 7) is 6.15. The zero-order valence-corrected chi connectivity index (χ0v) is 21.0. The maximum Gasteiger partial charge on any atom is 0.306 e. The van der Waals surface area contributed by atoms with Crippen LogP contribution in [0.25, 0.3) is 16.7 Å². The molecule has 0 aliphatic rings. The largest absolute Gasteiger partial charge is 0.457 e. The Morgan fingerprint density at radius 3 is 2.47 bits per heavy atom. The van der Waals surface area contributed by atoms with Crippen LogP contribution in [0, 0.1) is 13.8 Å². The number of Topliss-reactive ketones (excluding diaryl/α,β-unsaturated/α-hetero) is 1. The first-order valence-corrected chi connectivity index (χ1v) is 12.3. The van der Waals surface area contributed by atoms with E-state index in [1.165, 1.54) is 0 Å². The summed E-state index contributed by atoms with van der Waals surface area (Å²) in [5.41, 5.74) is 4.89. The molecule has 2 heterocycles. The van der Waals surface area contributed by atoms with Crippen molar-refractivity contribution in [1.82, 2.24) is 14.1 Å². The molecule has 186 valence electrons. The molecule has 4 aromatic rings. The maximum atomic E-state index is 13.0. The van der Waals surface area contributed by atoms with Gasteiger partial charge in [0.15, 0.2) is 6.61 Å². The second-order valence-corrected chi connectivity index (χ2v) is 8.90. The molecular weight excluding hydrogens is 454 g/mol. The number of nitrogens with zero attached hydrogens (tertiary/aromatic N) is 3. The first kappa shape index (κ1) is 25.1. The minimum absolute atomic E-state index is 0.0231. The minimum atomic E-state index is -0.533. The number of esters is 1. The van der Waals surface area contributed by atoms with E-state index in [0.717, 1.165) is 41.0 Å². The highest BCUT2D eigenvalue weighted by atomic mass is 16.5. The third kappa shape index (κ3) is 5.30. The molecule has 36 heavy (non-hydrogen) atoms. The quantitative estimate of drug-likeness (QED) is 0.234. The van der Waals surface area contributed by atoms with E-state index in [1.807, 2.05) is 79.1 Å². The lowest BCUT2D eigenvalue weighted by Gasteiger charge is -2.12. The summed E-state index contributed by atoms with van der Waals surface area (Å²) in [7, 11) is 0. The summed E-state index contributed by atoms with van der Waals surface area (Å²) in [6.07, 6.45) is 1.98. The average Bonchev–Trinajstić information content (AvgIpc) is 3.19. The molecule has 7 heteroatoms. The third-order valence-electron chi connectivity index (χ3n) is 6.33. The molecule has 0 saturated carbocycles. The predicted octanol–water partition coefficient (Wildman–Crippen LogP) is 4.96. The van der Waals surface area contributed by atoms with Crippen molar-refractivity contribution >= 4 is 22.8 Å². The fourth-order valence-corrected chi connectivity index (χ4v) is 4.48. The van der Waals surface area contributed by atoms with Crippen molar-refractivity contribution in [2.75, 3.05) is 6.61 Å². The van der Waals surface area contributed by atoms with Gasteiger partial charge in [-0.2, -0.15) is 0 Å². The Hall–Kier alpha value is -4.00. The van der Waals surface area contributed by atoms with Crippen LogP contribution in [0.15, 0.2) is 65.5 Å². The van der Waals surface area contributed by atoms with Crippen LogP contribution in [-0.2, 0) is 22.5 Å². The lowest BCUT2D eigenvalue weighted by molar-refractivity contribution is -0.142. The summed E-state index contributed by atoms with van der Waals surface area (Å²) in [6, 6.07) is 19.1. The van der Waals surface area contributed by atoms with Crippen molar-refractivity contribution in [3.63, 3.8) is 0 Å². The molecule has 0 aliphatic heterocycles. The van der Waals surface area contributed by atoms with E-state index in [0.29, 0.717) is 17.8 Å². The highest BCUT2D eigenvalue weighted by Crippen LogP contribution is 2.21. The first-order valence-electron chi connectivity index (χ1n) is 12.3. The van der Waals surface area contributed by atoms with E-state index < -0.39 is 5.97 Å². The van der Waals surface area contributed by atoms with Crippen LogP contribution >= 0.6 is 0 Å². The van der Waals surface area contributed by atoms with Crippen LogP contribution < -0.4 is 5.56 Å². The van der Waals surface area contributed by atoms with E-state index in [2.05, 4.69) is 11.9 Å². The summed E-state index contributed by atoms with van der Waals surface area (Å²) >= 11 is 0. The second-order valence-electron chi connectivity index (χ2n) is 8.90. The van der Waals surface area contributed by atoms with E-state index in [4.69, 9.17) is 4.74 Å². The lowest BCUT2D eigenvalue weighted by Crippen LogP contribution is -2.26. The monoisotopic (exact) mass is 485 g/mol. The van der Waals surface area contributed by atoms with E-state index in [-0.39, 0.29) is 30.8 Å². The van der Waals surface area contributed by atoms with E-state index >= 15 is 0 Å². The number of benzene rings is 2. The molecular formula is C29H31N3O4. The number of carbonyl (C=O) groups excluding carboxylic acids is 2. The Morgan fingerprint density at radius 1 is 1.00 bits per heavy atom. The number of ketones is 1. The number of para-hydroxylation sites is 3. The van der Waals surface area contributed by atoms with Crippen molar-refractivity contribution in [2.24, 2.45) is 0 Å². The number of unbranched alkanes of at least 4 members (excludes halogenated alkanes) is 1. The molecule has 2 aromatic heterocycles. The predicted molar refractivity (Wildman–Crippen MR) is 140 cm³/mol. The molecule has 0 bridgehead atoms. The van der Waals surface area contributed by atoms with Gasteiger partial charge in [-0.05, 0) is 50.6 Å². The highest BCUT2D eigenvalue weighted by Gasteiger charge is 2.19. The van der Waals surface area contributed by atoms with Crippen LogP contribution in [0.3, 0.4) is 0 Å². The molecule has 2 aromatic carbocycles. The standard InChI is InChI=1S/C29H31N3O4/c1-4-5-17-31-26-14-10-9-13-24(26)30-25(29(31)35)15-16-28(34)36-19-27(33)23-18-20(2)32(21(23)3)22-11-7-6-8-12-22/h6-14,18H,4-5,15-17,19H2,1-3H3. The minimum Gasteiger partial charge on any atom is -0.457 e. The van der Waals surface area contributed by atoms with Crippen LogP contribution in [-0.4, -0.2) is 32.5 Å². The Bertz CT molecular complexity index is 1450. The van der Waals surface area contributed by atoms with Crippen molar-refractivity contribution in [2.45, 2.75) is 53.0 Å². The fraction of sp³-hybridized carbons (Fsp3) is 0.310. The van der Waals surface area contributed by atoms with Crippen molar-refractivity contribution in [3.05, 3.63) is 93.7 Å². The van der Waals surface area contributed by atoms with E-state index in [1.54, 1.807) is 4.57 Å². The number of aryl methyl sites for hydroxylation is 3. The number of rotatable bonds is 10. The fourth-order valence-electron chi connectivity index (χ4n) is 4.48. The Morgan fingerprint density at radius 2 is 1.72 bits per heavy atom. The zero-order chi connectivity index (χ0) is 25.7. The normalized spacial score (nSPS) is 11.1. The van der Waals surface area contributed by atoms with Gasteiger partial charge in [-0.15, -0.1) is 0 Å². The van der Waals surface area contributed by atoms with Gasteiger partial charge in [0.25, 0.3) is 5.56 Å². The van der Waals surface area contributed by atoms with Crippen molar-refractivity contribution in [3.8, 4) is 5.69 Å². The number of carbonyl (C=O) groups is 2. The molecule has 0 saturated heterocycles. The number of hydrogen-bond acceptors (Lipinski definition) is 5. The molecule has 0 unspecified atom stereocenters. The van der Waals surface area contributed by atoms with Crippen LogP contribution in [0.4, 0.5) is 0 Å². The average molecular weight is 486 g/mol. The van der Waals surface area contributed by atoms with Crippen molar-refractivity contribution in [1.29, 1.82) is 0 Å². The van der Waals surface area contributed by atoms with Crippen LogP contribution in [0.5, 0.6) is 0 Å². The highest BCUT2D eigenvalue weighted by molar-refractivity contribution is 5.99. The molecule has 0 atom stereocenters. The molecule has 4 rings (SSSR count). The molecule has 0 N–H and O–H groups in total. The zero-order valence-electron chi connectivity index (χ0n) is 21.0. The van der Waals surface area contributed by atoms with Gasteiger partial charge in [-0.3, -0.25) is 14.4 Å². The topological polar surface area (TPSA) is 83.2 Å². The van der Waals surface area contributed by atoms with Gasteiger partial charge in [0.2, 0.25) is 5.78 Å². The lowest BCUT2D eigenvalue weighted by atomic mass is 10.1. The number of ether oxygens (including phenoxy) is 1. The SMILES string of the molecule is CCCCn1c(=O)c(CCC(=O)OCC(=O)c2cc(C)n(-c3ccccc3)c2C)nc2ccccc21. The van der Waals surface area contributed by atoms with Gasteiger partial charge >= 0.3 is 5.97 Å². The molecule has 0 spiro atoms. The van der Waals surface area contributed by atoms with E-state index in [9.17, 15) is 14.4 Å². The van der Waals surface area contributed by atoms with Gasteiger partial charge in [-0.1, -0.05) is 43.7 Å². The van der Waals surface area contributed by atoms with Gasteiger partial charge in [0.1, 0.15) is 5.69 Å². The smallest absolute Gasteiger partial charge is 0.306 e. The molecule has 7 nitrogen and oxygen atoms in total. The van der Waals surface area contributed by atoms with Gasteiger partial charge in [-0.25, -0.2) is 4.98 Å². The van der Waals surface area contributed by atoms with Crippen molar-refractivity contribution < 1.29 is 14.3 Å². The van der Waals surface area contributed by atoms with Gasteiger partial charge in [0.05, 0.1) is 17.5 Å². The molecule has 0 radical (unpaired) electrons. The third-order valence-corrected chi connectivity index (χ3v) is 6.33. The summed E-state index contributed by atoms with van der Waals surface area (Å²) in [4.78, 5) is 42.8. The van der Waals surface area contributed by atoms with Gasteiger partial charge < -0.3 is 13.9 Å². The summed E-state index contributed by atoms with van der Waals surface area (Å²) < 4.78 is 9.02. The number of fused-ring (bicyclic) bond motifs is 1. The summed E-state index contributed by atoms with van der Waals surface area (Å²) in [5, 5.41) is 0.